The van der Waals surface area contributed by atoms with Crippen molar-refractivity contribution in [3.05, 3.63) is 88.5 Å². The molecule has 0 bridgehead atoms. The molecule has 1 unspecified atom stereocenters. The molecule has 0 radical (unpaired) electrons. The zero-order valence-corrected chi connectivity index (χ0v) is 24.0. The van der Waals surface area contributed by atoms with Crippen molar-refractivity contribution in [3.63, 3.8) is 0 Å². The van der Waals surface area contributed by atoms with Crippen LogP contribution in [-0.4, -0.2) is 31.4 Å². The smallest absolute Gasteiger partial charge is 0.338 e. The average Bonchev–Trinajstić information content (AvgIpc) is 3.18. The molecule has 9 heteroatoms. The van der Waals surface area contributed by atoms with Gasteiger partial charge in [-0.2, -0.15) is 0 Å². The van der Waals surface area contributed by atoms with E-state index in [0.717, 1.165) is 15.6 Å². The highest BCUT2D eigenvalue weighted by Gasteiger charge is 2.33. The standard InChI is InChI=1S/C28H29BrN2O5S/c1-7-36-27(33)24-16(4)30-28-31(25(24)18-10-8-17(9-11-18)15(2)3)26(32)23(37-28)13-19-12-21(34-5)22(35-6)14-20(19)29/h8-15,25H,7H2,1-6H3/b23-13-. The Bertz CT molecular complexity index is 1550. The maximum atomic E-state index is 13.8. The van der Waals surface area contributed by atoms with Gasteiger partial charge in [0.05, 0.1) is 42.7 Å². The zero-order chi connectivity index (χ0) is 26.9. The summed E-state index contributed by atoms with van der Waals surface area (Å²) in [7, 11) is 3.13. The number of methoxy groups -OCH3 is 2. The van der Waals surface area contributed by atoms with Gasteiger partial charge < -0.3 is 14.2 Å². The van der Waals surface area contributed by atoms with Crippen molar-refractivity contribution in [2.24, 2.45) is 4.99 Å². The molecule has 194 valence electrons. The van der Waals surface area contributed by atoms with Crippen LogP contribution in [0.2, 0.25) is 0 Å². The van der Waals surface area contributed by atoms with Crippen LogP contribution < -0.4 is 24.4 Å². The lowest BCUT2D eigenvalue weighted by atomic mass is 9.93. The lowest BCUT2D eigenvalue weighted by Gasteiger charge is -2.25. The summed E-state index contributed by atoms with van der Waals surface area (Å²) in [6, 6.07) is 11.0. The number of thiazole rings is 1. The Balaban J connectivity index is 1.94. The third kappa shape index (κ3) is 5.15. The predicted octanol–water partition coefficient (Wildman–Crippen LogP) is 4.70. The second kappa shape index (κ2) is 11.1. The number of fused-ring (bicyclic) bond motifs is 1. The van der Waals surface area contributed by atoms with Gasteiger partial charge in [0.1, 0.15) is 0 Å². The number of allylic oxidation sites excluding steroid dienone is 1. The van der Waals surface area contributed by atoms with Crippen LogP contribution in [0.4, 0.5) is 0 Å². The van der Waals surface area contributed by atoms with Crippen molar-refractivity contribution in [1.82, 2.24) is 4.57 Å². The molecule has 0 saturated heterocycles. The van der Waals surface area contributed by atoms with E-state index in [1.54, 1.807) is 50.8 Å². The minimum Gasteiger partial charge on any atom is -0.493 e. The Morgan fingerprint density at radius 3 is 2.41 bits per heavy atom. The van der Waals surface area contributed by atoms with E-state index >= 15 is 0 Å². The van der Waals surface area contributed by atoms with E-state index < -0.39 is 12.0 Å². The lowest BCUT2D eigenvalue weighted by Crippen LogP contribution is -2.39. The average molecular weight is 586 g/mol. The van der Waals surface area contributed by atoms with E-state index in [1.807, 2.05) is 24.3 Å². The summed E-state index contributed by atoms with van der Waals surface area (Å²) in [5, 5.41) is 0. The number of nitrogens with zero attached hydrogens (tertiary/aromatic N) is 2. The molecule has 3 aromatic rings. The molecular formula is C28H29BrN2O5S. The molecular weight excluding hydrogens is 556 g/mol. The Labute approximate surface area is 227 Å². The summed E-state index contributed by atoms with van der Waals surface area (Å²) < 4.78 is 19.0. The van der Waals surface area contributed by atoms with Gasteiger partial charge >= 0.3 is 5.97 Å². The van der Waals surface area contributed by atoms with Crippen molar-refractivity contribution >= 4 is 39.3 Å². The molecule has 1 aromatic heterocycles. The second-order valence-corrected chi connectivity index (χ2v) is 10.7. The van der Waals surface area contributed by atoms with Crippen LogP contribution in [0.3, 0.4) is 0 Å². The summed E-state index contributed by atoms with van der Waals surface area (Å²) in [5.41, 5.74) is 3.41. The molecule has 0 N–H and O–H groups in total. The summed E-state index contributed by atoms with van der Waals surface area (Å²) in [5.74, 6) is 1.01. The summed E-state index contributed by atoms with van der Waals surface area (Å²) >= 11 is 4.84. The number of rotatable bonds is 7. The summed E-state index contributed by atoms with van der Waals surface area (Å²) in [4.78, 5) is 32.1. The van der Waals surface area contributed by atoms with Crippen molar-refractivity contribution in [2.75, 3.05) is 20.8 Å². The van der Waals surface area contributed by atoms with E-state index in [4.69, 9.17) is 14.2 Å². The maximum Gasteiger partial charge on any atom is 0.338 e. The fourth-order valence-electron chi connectivity index (χ4n) is 4.29. The number of hydrogen-bond donors (Lipinski definition) is 0. The first-order valence-electron chi connectivity index (χ1n) is 11.9. The monoisotopic (exact) mass is 584 g/mol. The normalized spacial score (nSPS) is 15.5. The first kappa shape index (κ1) is 26.9. The first-order chi connectivity index (χ1) is 17.7. The predicted molar refractivity (Wildman–Crippen MR) is 148 cm³/mol. The molecule has 0 aliphatic carbocycles. The Morgan fingerprint density at radius 1 is 1.16 bits per heavy atom. The number of aromatic nitrogens is 1. The van der Waals surface area contributed by atoms with Gasteiger partial charge in [-0.1, -0.05) is 65.4 Å². The van der Waals surface area contributed by atoms with Gasteiger partial charge in [0.2, 0.25) is 0 Å². The van der Waals surface area contributed by atoms with Gasteiger partial charge in [0.15, 0.2) is 16.3 Å². The Hall–Kier alpha value is -3.17. The van der Waals surface area contributed by atoms with E-state index in [1.165, 1.54) is 16.9 Å². The third-order valence-corrected chi connectivity index (χ3v) is 7.90. The number of carbonyl (C=O) groups excluding carboxylic acids is 1. The summed E-state index contributed by atoms with van der Waals surface area (Å²) in [6.07, 6.45) is 1.79. The molecule has 1 aliphatic heterocycles. The Kier molecular flexibility index (Phi) is 8.04. The van der Waals surface area contributed by atoms with Gasteiger partial charge in [-0.3, -0.25) is 9.36 Å². The van der Waals surface area contributed by atoms with Crippen LogP contribution >= 0.6 is 27.3 Å². The van der Waals surface area contributed by atoms with E-state index in [0.29, 0.717) is 38.0 Å². The Morgan fingerprint density at radius 2 is 1.81 bits per heavy atom. The molecule has 2 aromatic carbocycles. The minimum absolute atomic E-state index is 0.229. The van der Waals surface area contributed by atoms with Crippen molar-refractivity contribution in [2.45, 2.75) is 39.7 Å². The molecule has 1 aliphatic rings. The van der Waals surface area contributed by atoms with Crippen LogP contribution in [-0.2, 0) is 9.53 Å². The molecule has 0 saturated carbocycles. The topological polar surface area (TPSA) is 79.1 Å². The molecule has 0 spiro atoms. The highest BCUT2D eigenvalue weighted by Crippen LogP contribution is 2.34. The van der Waals surface area contributed by atoms with Crippen molar-refractivity contribution < 1.29 is 19.0 Å². The number of ether oxygens (including phenoxy) is 3. The molecule has 2 heterocycles. The number of halogens is 1. The quantitative estimate of drug-likeness (QED) is 0.376. The van der Waals surface area contributed by atoms with Crippen LogP contribution in [0.5, 0.6) is 11.5 Å². The van der Waals surface area contributed by atoms with Crippen molar-refractivity contribution in [1.29, 1.82) is 0 Å². The molecule has 7 nitrogen and oxygen atoms in total. The van der Waals surface area contributed by atoms with Gasteiger partial charge in [0, 0.05) is 4.47 Å². The van der Waals surface area contributed by atoms with Crippen molar-refractivity contribution in [3.8, 4) is 11.5 Å². The van der Waals surface area contributed by atoms with E-state index in [2.05, 4.69) is 34.8 Å². The molecule has 0 amide bonds. The van der Waals surface area contributed by atoms with E-state index in [-0.39, 0.29) is 12.2 Å². The van der Waals surface area contributed by atoms with Gasteiger partial charge in [0.25, 0.3) is 5.56 Å². The first-order valence-corrected chi connectivity index (χ1v) is 13.5. The zero-order valence-electron chi connectivity index (χ0n) is 21.6. The number of carbonyl (C=O) groups is 1. The summed E-state index contributed by atoms with van der Waals surface area (Å²) in [6.45, 7) is 8.02. The molecule has 37 heavy (non-hydrogen) atoms. The molecule has 1 atom stereocenters. The largest absolute Gasteiger partial charge is 0.493 e. The third-order valence-electron chi connectivity index (χ3n) is 6.23. The highest BCUT2D eigenvalue weighted by molar-refractivity contribution is 9.10. The fraction of sp³-hybridized carbons (Fsp3) is 0.321. The van der Waals surface area contributed by atoms with Crippen LogP contribution in [0.15, 0.2) is 61.9 Å². The van der Waals surface area contributed by atoms with Crippen LogP contribution in [0, 0.1) is 0 Å². The van der Waals surface area contributed by atoms with Gasteiger partial charge in [-0.05, 0) is 54.7 Å². The SMILES string of the molecule is CCOC(=O)C1=C(C)N=c2s/c(=C\c3cc(OC)c(OC)cc3Br)c(=O)n2C1c1ccc(C(C)C)cc1. The number of hydrogen-bond acceptors (Lipinski definition) is 7. The van der Waals surface area contributed by atoms with E-state index in [9.17, 15) is 9.59 Å². The highest BCUT2D eigenvalue weighted by atomic mass is 79.9. The minimum atomic E-state index is -0.646. The van der Waals surface area contributed by atoms with Gasteiger partial charge in [-0.15, -0.1) is 0 Å². The molecule has 0 fully saturated rings. The number of benzene rings is 2. The lowest BCUT2D eigenvalue weighted by molar-refractivity contribution is -0.139. The fourth-order valence-corrected chi connectivity index (χ4v) is 5.77. The number of esters is 1. The van der Waals surface area contributed by atoms with Crippen LogP contribution in [0.25, 0.3) is 6.08 Å². The van der Waals surface area contributed by atoms with Crippen LogP contribution in [0.1, 0.15) is 56.3 Å². The van der Waals surface area contributed by atoms with Gasteiger partial charge in [-0.25, -0.2) is 9.79 Å². The maximum absolute atomic E-state index is 13.8. The molecule has 4 rings (SSSR count). The second-order valence-electron chi connectivity index (χ2n) is 8.85.